The summed E-state index contributed by atoms with van der Waals surface area (Å²) in [6, 6.07) is 5.53. The normalized spacial score (nSPS) is 10.5. The van der Waals surface area contributed by atoms with E-state index in [4.69, 9.17) is 11.6 Å². The predicted molar refractivity (Wildman–Crippen MR) is 93.0 cm³/mol. The lowest BCUT2D eigenvalue weighted by molar-refractivity contribution is -0.384. The zero-order valence-corrected chi connectivity index (χ0v) is 13.9. The molecule has 0 fully saturated rings. The zero-order valence-electron chi connectivity index (χ0n) is 12.4. The molecule has 9 heteroatoms. The number of benzene rings is 1. The molecular formula is C14H15ClN4O3S. The largest absolute Gasteiger partial charge is 0.382 e. The quantitative estimate of drug-likeness (QED) is 0.467. The van der Waals surface area contributed by atoms with Crippen LogP contribution < -0.4 is 10.9 Å². The summed E-state index contributed by atoms with van der Waals surface area (Å²) >= 11 is 7.84. The molecule has 2 aromatic rings. The third-order valence-electron chi connectivity index (χ3n) is 3.06. The van der Waals surface area contributed by atoms with Gasteiger partial charge in [0.05, 0.1) is 22.5 Å². The molecule has 0 atom stereocenters. The van der Waals surface area contributed by atoms with E-state index in [0.29, 0.717) is 17.9 Å². The van der Waals surface area contributed by atoms with Gasteiger partial charge in [-0.25, -0.2) is 0 Å². The lowest BCUT2D eigenvalue weighted by atomic mass is 10.3. The third-order valence-corrected chi connectivity index (χ3v) is 4.13. The second kappa shape index (κ2) is 7.98. The molecule has 1 aromatic heterocycles. The van der Waals surface area contributed by atoms with Crippen LogP contribution in [-0.2, 0) is 0 Å². The Bertz CT molecular complexity index is 749. The standard InChI is InChI=1S/C14H15ClN4O3S/c1-23-8-2-7-16-12-9-17-18(14(20)13(12)15)10-3-5-11(6-4-10)19(21)22/h3-6,9,16H,2,7-8H2,1H3. The molecule has 0 amide bonds. The summed E-state index contributed by atoms with van der Waals surface area (Å²) < 4.78 is 1.11. The summed E-state index contributed by atoms with van der Waals surface area (Å²) in [5.41, 5.74) is 0.364. The summed E-state index contributed by atoms with van der Waals surface area (Å²) in [6.45, 7) is 0.698. The fourth-order valence-electron chi connectivity index (χ4n) is 1.90. The van der Waals surface area contributed by atoms with Crippen molar-refractivity contribution in [2.75, 3.05) is 23.9 Å². The predicted octanol–water partition coefficient (Wildman–Crippen LogP) is 2.96. The molecule has 0 aliphatic heterocycles. The monoisotopic (exact) mass is 354 g/mol. The van der Waals surface area contributed by atoms with Crippen molar-refractivity contribution in [2.24, 2.45) is 0 Å². The molecule has 1 aromatic carbocycles. The van der Waals surface area contributed by atoms with E-state index >= 15 is 0 Å². The van der Waals surface area contributed by atoms with E-state index in [1.54, 1.807) is 11.8 Å². The molecular weight excluding hydrogens is 340 g/mol. The van der Waals surface area contributed by atoms with E-state index in [0.717, 1.165) is 16.9 Å². The van der Waals surface area contributed by atoms with Crippen LogP contribution in [0.5, 0.6) is 0 Å². The first-order valence-electron chi connectivity index (χ1n) is 6.80. The highest BCUT2D eigenvalue weighted by Crippen LogP contribution is 2.18. The van der Waals surface area contributed by atoms with E-state index in [1.807, 2.05) is 6.26 Å². The van der Waals surface area contributed by atoms with Gasteiger partial charge < -0.3 is 5.32 Å². The number of aromatic nitrogens is 2. The van der Waals surface area contributed by atoms with Gasteiger partial charge in [-0.15, -0.1) is 0 Å². The number of nitrogens with one attached hydrogen (secondary N) is 1. The number of nitro groups is 1. The summed E-state index contributed by atoms with van der Waals surface area (Å²) in [7, 11) is 0. The van der Waals surface area contributed by atoms with Crippen LogP contribution in [-0.4, -0.2) is 33.3 Å². The molecule has 0 bridgehead atoms. The SMILES string of the molecule is CSCCCNc1cnn(-c2ccc([N+](=O)[O-])cc2)c(=O)c1Cl. The first-order chi connectivity index (χ1) is 11.0. The number of hydrogen-bond acceptors (Lipinski definition) is 6. The van der Waals surface area contributed by atoms with Gasteiger partial charge in [-0.2, -0.15) is 21.5 Å². The lowest BCUT2D eigenvalue weighted by Gasteiger charge is -2.10. The lowest BCUT2D eigenvalue weighted by Crippen LogP contribution is -2.23. The van der Waals surface area contributed by atoms with E-state index in [-0.39, 0.29) is 10.7 Å². The maximum atomic E-state index is 12.3. The molecule has 0 saturated heterocycles. The maximum Gasteiger partial charge on any atom is 0.292 e. The molecule has 1 N–H and O–H groups in total. The van der Waals surface area contributed by atoms with Crippen molar-refractivity contribution in [1.29, 1.82) is 0 Å². The first-order valence-corrected chi connectivity index (χ1v) is 8.57. The van der Waals surface area contributed by atoms with E-state index in [2.05, 4.69) is 10.4 Å². The van der Waals surface area contributed by atoms with Crippen LogP contribution in [0.2, 0.25) is 5.02 Å². The van der Waals surface area contributed by atoms with Gasteiger partial charge in [0.2, 0.25) is 0 Å². The minimum Gasteiger partial charge on any atom is -0.382 e. The fourth-order valence-corrected chi connectivity index (χ4v) is 2.52. The summed E-state index contributed by atoms with van der Waals surface area (Å²) in [5, 5.41) is 17.8. The van der Waals surface area contributed by atoms with Crippen LogP contribution in [0.3, 0.4) is 0 Å². The third kappa shape index (κ3) is 4.23. The minimum absolute atomic E-state index is 0.0440. The summed E-state index contributed by atoms with van der Waals surface area (Å²) in [5.74, 6) is 1.01. The van der Waals surface area contributed by atoms with Gasteiger partial charge in [0, 0.05) is 18.7 Å². The number of anilines is 1. The Morgan fingerprint density at radius 3 is 2.70 bits per heavy atom. The molecule has 2 rings (SSSR count). The number of non-ortho nitro benzene ring substituents is 1. The molecule has 0 radical (unpaired) electrons. The van der Waals surface area contributed by atoms with Crippen LogP contribution >= 0.6 is 23.4 Å². The molecule has 122 valence electrons. The average molecular weight is 355 g/mol. The minimum atomic E-state index is -0.505. The van der Waals surface area contributed by atoms with Gasteiger partial charge in [0.25, 0.3) is 11.2 Å². The van der Waals surface area contributed by atoms with Crippen LogP contribution in [0.25, 0.3) is 5.69 Å². The number of thioether (sulfide) groups is 1. The Kier molecular flexibility index (Phi) is 6.00. The Balaban J connectivity index is 2.22. The Hall–Kier alpha value is -2.06. The maximum absolute atomic E-state index is 12.3. The number of halogens is 1. The number of hydrogen-bond donors (Lipinski definition) is 1. The molecule has 0 saturated carbocycles. The van der Waals surface area contributed by atoms with Crippen LogP contribution in [0, 0.1) is 10.1 Å². The van der Waals surface area contributed by atoms with Crippen molar-refractivity contribution >= 4 is 34.7 Å². The summed E-state index contributed by atoms with van der Waals surface area (Å²) in [6.07, 6.45) is 4.45. The topological polar surface area (TPSA) is 90.1 Å². The molecule has 23 heavy (non-hydrogen) atoms. The Morgan fingerprint density at radius 1 is 1.39 bits per heavy atom. The highest BCUT2D eigenvalue weighted by atomic mass is 35.5. The number of nitro benzene ring substituents is 1. The highest BCUT2D eigenvalue weighted by molar-refractivity contribution is 7.98. The second-order valence-electron chi connectivity index (χ2n) is 4.64. The van der Waals surface area contributed by atoms with E-state index in [1.165, 1.54) is 30.5 Å². The highest BCUT2D eigenvalue weighted by Gasteiger charge is 2.11. The van der Waals surface area contributed by atoms with Gasteiger partial charge in [-0.05, 0) is 30.6 Å². The van der Waals surface area contributed by atoms with Gasteiger partial charge in [0.15, 0.2) is 0 Å². The Labute approximate surface area is 141 Å². The number of nitrogens with zero attached hydrogens (tertiary/aromatic N) is 3. The summed E-state index contributed by atoms with van der Waals surface area (Å²) in [4.78, 5) is 22.4. The number of rotatable bonds is 7. The zero-order chi connectivity index (χ0) is 16.8. The smallest absolute Gasteiger partial charge is 0.292 e. The molecule has 7 nitrogen and oxygen atoms in total. The van der Waals surface area contributed by atoms with Crippen molar-refractivity contribution in [2.45, 2.75) is 6.42 Å². The van der Waals surface area contributed by atoms with Crippen LogP contribution in [0.4, 0.5) is 11.4 Å². The molecule has 0 aliphatic carbocycles. The van der Waals surface area contributed by atoms with Gasteiger partial charge in [0.1, 0.15) is 5.02 Å². The molecule has 0 spiro atoms. The first kappa shape index (κ1) is 17.3. The van der Waals surface area contributed by atoms with Crippen LogP contribution in [0.1, 0.15) is 6.42 Å². The Morgan fingerprint density at radius 2 is 2.09 bits per heavy atom. The van der Waals surface area contributed by atoms with Crippen LogP contribution in [0.15, 0.2) is 35.3 Å². The van der Waals surface area contributed by atoms with Gasteiger partial charge in [-0.3, -0.25) is 14.9 Å². The van der Waals surface area contributed by atoms with Crippen molar-refractivity contribution in [3.8, 4) is 5.69 Å². The second-order valence-corrected chi connectivity index (χ2v) is 6.00. The molecule has 0 aliphatic rings. The van der Waals surface area contributed by atoms with Crippen molar-refractivity contribution < 1.29 is 4.92 Å². The van der Waals surface area contributed by atoms with E-state index < -0.39 is 10.5 Å². The van der Waals surface area contributed by atoms with E-state index in [9.17, 15) is 14.9 Å². The van der Waals surface area contributed by atoms with Gasteiger partial charge >= 0.3 is 0 Å². The van der Waals surface area contributed by atoms with Crippen molar-refractivity contribution in [3.63, 3.8) is 0 Å². The molecule has 1 heterocycles. The van der Waals surface area contributed by atoms with Crippen molar-refractivity contribution in [1.82, 2.24) is 9.78 Å². The average Bonchev–Trinajstić information content (AvgIpc) is 2.55. The molecule has 0 unspecified atom stereocenters. The fraction of sp³-hybridized carbons (Fsp3) is 0.286. The van der Waals surface area contributed by atoms with Gasteiger partial charge in [-0.1, -0.05) is 11.6 Å². The van der Waals surface area contributed by atoms with Crippen molar-refractivity contribution in [3.05, 3.63) is 56.0 Å².